The number of carbonyl (C=O) groups excluding carboxylic acids is 1. The smallest absolute Gasteiger partial charge is 0.241 e. The summed E-state index contributed by atoms with van der Waals surface area (Å²) in [5.41, 5.74) is 1.44. The number of amides is 1. The number of hydrogen-bond donors (Lipinski definition) is 0. The van der Waals surface area contributed by atoms with Crippen molar-refractivity contribution in [2.24, 2.45) is 0 Å². The van der Waals surface area contributed by atoms with E-state index in [4.69, 9.17) is 16.9 Å². The Bertz CT molecular complexity index is 860. The Hall–Kier alpha value is -2.46. The Labute approximate surface area is 175 Å². The van der Waals surface area contributed by atoms with Crippen LogP contribution < -0.4 is 4.90 Å². The number of hydrogen-bond acceptors (Lipinski definition) is 4. The molecular formula is C22H24ClFN4O. The highest BCUT2D eigenvalue weighted by Crippen LogP contribution is 2.20. The molecule has 0 radical (unpaired) electrons. The summed E-state index contributed by atoms with van der Waals surface area (Å²) in [5, 5.41) is 9.62. The second kappa shape index (κ2) is 10.4. The minimum atomic E-state index is -0.452. The maximum Gasteiger partial charge on any atom is 0.241 e. The van der Waals surface area contributed by atoms with E-state index in [9.17, 15) is 9.18 Å². The summed E-state index contributed by atoms with van der Waals surface area (Å²) in [6.07, 6.45) is 0.162. The topological polar surface area (TPSA) is 50.6 Å². The van der Waals surface area contributed by atoms with Crippen LogP contribution in [0.5, 0.6) is 0 Å². The van der Waals surface area contributed by atoms with Gasteiger partial charge in [0.25, 0.3) is 0 Å². The highest BCUT2D eigenvalue weighted by molar-refractivity contribution is 6.30. The van der Waals surface area contributed by atoms with E-state index in [0.29, 0.717) is 0 Å². The second-order valence-electron chi connectivity index (χ2n) is 7.08. The Morgan fingerprint density at radius 3 is 2.38 bits per heavy atom. The van der Waals surface area contributed by atoms with Crippen molar-refractivity contribution in [1.82, 2.24) is 9.80 Å². The van der Waals surface area contributed by atoms with E-state index in [1.807, 2.05) is 30.3 Å². The molecule has 1 aliphatic heterocycles. The summed E-state index contributed by atoms with van der Waals surface area (Å²) < 4.78 is 14.2. The quantitative estimate of drug-likeness (QED) is 0.695. The monoisotopic (exact) mass is 414 g/mol. The molecule has 0 aromatic heterocycles. The van der Waals surface area contributed by atoms with Gasteiger partial charge in [0.1, 0.15) is 5.82 Å². The van der Waals surface area contributed by atoms with Gasteiger partial charge < -0.3 is 4.90 Å². The van der Waals surface area contributed by atoms with Crippen LogP contribution in [0, 0.1) is 17.1 Å². The molecule has 1 heterocycles. The van der Waals surface area contributed by atoms with Gasteiger partial charge in [0.05, 0.1) is 24.7 Å². The van der Waals surface area contributed by atoms with Gasteiger partial charge in [-0.1, -0.05) is 35.9 Å². The van der Waals surface area contributed by atoms with Crippen molar-refractivity contribution >= 4 is 23.2 Å². The SMILES string of the molecule is N#CCCN(C(=O)CN1CCN(Cc2ccc(Cl)cc2)CC1)c1ccccc1F. The predicted molar refractivity (Wildman–Crippen MR) is 112 cm³/mol. The zero-order valence-electron chi connectivity index (χ0n) is 16.2. The molecule has 0 spiro atoms. The molecular weight excluding hydrogens is 391 g/mol. The van der Waals surface area contributed by atoms with Crippen molar-refractivity contribution in [3.63, 3.8) is 0 Å². The van der Waals surface area contributed by atoms with Crippen LogP contribution in [0.25, 0.3) is 0 Å². The van der Waals surface area contributed by atoms with E-state index in [2.05, 4.69) is 9.80 Å². The maximum atomic E-state index is 14.2. The summed E-state index contributed by atoms with van der Waals surface area (Å²) >= 11 is 5.94. The number of rotatable bonds is 7. The molecule has 3 rings (SSSR count). The molecule has 0 unspecified atom stereocenters. The Balaban J connectivity index is 1.55. The molecule has 1 fully saturated rings. The van der Waals surface area contributed by atoms with Crippen LogP contribution in [-0.2, 0) is 11.3 Å². The standard InChI is InChI=1S/C22H24ClFN4O/c23-19-8-6-18(7-9-19)16-26-12-14-27(15-13-26)17-22(29)28(11-3-10-25)21-5-2-1-4-20(21)24/h1-2,4-9H,3,11-17H2. The maximum absolute atomic E-state index is 14.2. The Kier molecular flexibility index (Phi) is 7.59. The van der Waals surface area contributed by atoms with E-state index in [1.165, 1.54) is 16.5 Å². The first kappa shape index (κ1) is 21.3. The summed E-state index contributed by atoms with van der Waals surface area (Å²) in [6.45, 7) is 4.50. The number of halogens is 2. The average Bonchev–Trinajstić information content (AvgIpc) is 2.72. The molecule has 1 amide bonds. The minimum Gasteiger partial charge on any atom is -0.308 e. The van der Waals surface area contributed by atoms with Crippen LogP contribution in [0.1, 0.15) is 12.0 Å². The largest absolute Gasteiger partial charge is 0.308 e. The van der Waals surface area contributed by atoms with E-state index < -0.39 is 5.82 Å². The number of nitriles is 1. The third-order valence-corrected chi connectivity index (χ3v) is 5.29. The number of piperazine rings is 1. The fraction of sp³-hybridized carbons (Fsp3) is 0.364. The first-order valence-electron chi connectivity index (χ1n) is 9.68. The Morgan fingerprint density at radius 1 is 1.07 bits per heavy atom. The molecule has 1 saturated heterocycles. The van der Waals surface area contributed by atoms with E-state index in [0.717, 1.165) is 37.7 Å². The summed E-state index contributed by atoms with van der Waals surface area (Å²) in [7, 11) is 0. The minimum absolute atomic E-state index is 0.162. The van der Waals surface area contributed by atoms with Crippen LogP contribution in [0.2, 0.25) is 5.02 Å². The van der Waals surface area contributed by atoms with Gasteiger partial charge in [-0.3, -0.25) is 14.6 Å². The molecule has 1 aliphatic rings. The van der Waals surface area contributed by atoms with Gasteiger partial charge >= 0.3 is 0 Å². The van der Waals surface area contributed by atoms with E-state index >= 15 is 0 Å². The third kappa shape index (κ3) is 6.01. The summed E-state index contributed by atoms with van der Waals surface area (Å²) in [5.74, 6) is -0.636. The molecule has 0 atom stereocenters. The lowest BCUT2D eigenvalue weighted by atomic mass is 10.2. The Morgan fingerprint density at radius 2 is 1.72 bits per heavy atom. The first-order valence-corrected chi connectivity index (χ1v) is 10.1. The summed E-state index contributed by atoms with van der Waals surface area (Å²) in [4.78, 5) is 18.7. The van der Waals surface area contributed by atoms with Gasteiger partial charge in [0.15, 0.2) is 0 Å². The number of anilines is 1. The number of benzene rings is 2. The lowest BCUT2D eigenvalue weighted by Gasteiger charge is -2.35. The van der Waals surface area contributed by atoms with Crippen molar-refractivity contribution in [2.75, 3.05) is 44.2 Å². The number of para-hydroxylation sites is 1. The van der Waals surface area contributed by atoms with Crippen molar-refractivity contribution in [2.45, 2.75) is 13.0 Å². The molecule has 152 valence electrons. The predicted octanol–water partition coefficient (Wildman–Crippen LogP) is 3.54. The fourth-order valence-corrected chi connectivity index (χ4v) is 3.57. The molecule has 0 N–H and O–H groups in total. The average molecular weight is 415 g/mol. The molecule has 5 nitrogen and oxygen atoms in total. The van der Waals surface area contributed by atoms with Gasteiger partial charge in [0.2, 0.25) is 5.91 Å². The van der Waals surface area contributed by atoms with Gasteiger partial charge in [-0.25, -0.2) is 4.39 Å². The third-order valence-electron chi connectivity index (χ3n) is 5.03. The second-order valence-corrected chi connectivity index (χ2v) is 7.52. The normalized spacial score (nSPS) is 15.1. The van der Waals surface area contributed by atoms with Gasteiger partial charge in [0, 0.05) is 44.3 Å². The van der Waals surface area contributed by atoms with Gasteiger partial charge in [-0.15, -0.1) is 0 Å². The molecule has 29 heavy (non-hydrogen) atoms. The van der Waals surface area contributed by atoms with Crippen molar-refractivity contribution < 1.29 is 9.18 Å². The van der Waals surface area contributed by atoms with Crippen LogP contribution >= 0.6 is 11.6 Å². The molecule has 2 aromatic rings. The number of nitrogens with zero attached hydrogens (tertiary/aromatic N) is 4. The first-order chi connectivity index (χ1) is 14.1. The van der Waals surface area contributed by atoms with Gasteiger partial charge in [-0.2, -0.15) is 5.26 Å². The molecule has 2 aromatic carbocycles. The van der Waals surface area contributed by atoms with E-state index in [-0.39, 0.29) is 31.1 Å². The van der Waals surface area contributed by atoms with Gasteiger partial charge in [-0.05, 0) is 29.8 Å². The summed E-state index contributed by atoms with van der Waals surface area (Å²) in [6, 6.07) is 16.1. The fourth-order valence-electron chi connectivity index (χ4n) is 3.44. The highest BCUT2D eigenvalue weighted by Gasteiger charge is 2.24. The number of carbonyl (C=O) groups is 1. The molecule has 0 bridgehead atoms. The zero-order valence-corrected chi connectivity index (χ0v) is 17.0. The van der Waals surface area contributed by atoms with E-state index in [1.54, 1.807) is 18.2 Å². The highest BCUT2D eigenvalue weighted by atomic mass is 35.5. The van der Waals surface area contributed by atoms with Crippen LogP contribution in [0.3, 0.4) is 0 Å². The lowest BCUT2D eigenvalue weighted by Crippen LogP contribution is -2.50. The van der Waals surface area contributed by atoms with Crippen LogP contribution in [-0.4, -0.2) is 55.0 Å². The van der Waals surface area contributed by atoms with Crippen molar-refractivity contribution in [3.8, 4) is 6.07 Å². The molecule has 0 saturated carbocycles. The van der Waals surface area contributed by atoms with Crippen LogP contribution in [0.4, 0.5) is 10.1 Å². The molecule has 0 aliphatic carbocycles. The van der Waals surface area contributed by atoms with Crippen molar-refractivity contribution in [1.29, 1.82) is 5.26 Å². The van der Waals surface area contributed by atoms with Crippen LogP contribution in [0.15, 0.2) is 48.5 Å². The molecule has 7 heteroatoms. The van der Waals surface area contributed by atoms with Crippen molar-refractivity contribution in [3.05, 3.63) is 64.9 Å². The lowest BCUT2D eigenvalue weighted by molar-refractivity contribution is -0.120. The zero-order chi connectivity index (χ0) is 20.6.